The van der Waals surface area contributed by atoms with Crippen LogP contribution in [0.3, 0.4) is 0 Å². The molecule has 3 aromatic rings. The highest BCUT2D eigenvalue weighted by molar-refractivity contribution is 7.09. The molecule has 0 radical (unpaired) electrons. The average Bonchev–Trinajstić information content (AvgIpc) is 3.45. The standard InChI is InChI=1S/C21H26N6O3S/c1-21(2,3)20(28)30-26-10-8-15(9-11-26)19-23-16(13-31-19)12-29-18-6-4-17(5-7-18)27-14-22-24-25-27/h4-7,13-15H,8-12H2,1-3H3. The minimum Gasteiger partial charge on any atom is -0.487 e. The molecule has 3 heterocycles. The van der Waals surface area contributed by atoms with Crippen LogP contribution in [0.15, 0.2) is 36.0 Å². The zero-order valence-electron chi connectivity index (χ0n) is 17.9. The fraction of sp³-hybridized carbons (Fsp3) is 0.476. The van der Waals surface area contributed by atoms with Gasteiger partial charge in [-0.1, -0.05) is 0 Å². The molecule has 4 rings (SSSR count). The molecular weight excluding hydrogens is 416 g/mol. The van der Waals surface area contributed by atoms with Gasteiger partial charge in [0.2, 0.25) is 0 Å². The Balaban J connectivity index is 1.26. The monoisotopic (exact) mass is 442 g/mol. The number of nitrogens with zero attached hydrogens (tertiary/aromatic N) is 6. The van der Waals surface area contributed by atoms with E-state index in [-0.39, 0.29) is 5.97 Å². The van der Waals surface area contributed by atoms with Crippen LogP contribution < -0.4 is 4.74 Å². The molecule has 0 unspecified atom stereocenters. The lowest BCUT2D eigenvalue weighted by atomic mass is 9.97. The predicted molar refractivity (Wildman–Crippen MR) is 115 cm³/mol. The van der Waals surface area contributed by atoms with Crippen molar-refractivity contribution in [3.8, 4) is 11.4 Å². The SMILES string of the molecule is CC(C)(C)C(=O)ON1CCC(c2nc(COc3ccc(-n4cnnn4)cc3)cs2)CC1. The molecule has 0 spiro atoms. The zero-order valence-corrected chi connectivity index (χ0v) is 18.7. The molecule has 0 atom stereocenters. The van der Waals surface area contributed by atoms with Gasteiger partial charge >= 0.3 is 5.97 Å². The van der Waals surface area contributed by atoms with Crippen LogP contribution in [-0.2, 0) is 16.2 Å². The topological polar surface area (TPSA) is 95.3 Å². The Kier molecular flexibility index (Phi) is 6.28. The lowest BCUT2D eigenvalue weighted by Gasteiger charge is -2.31. The second kappa shape index (κ2) is 9.11. The van der Waals surface area contributed by atoms with Gasteiger partial charge in [0.25, 0.3) is 0 Å². The molecule has 9 nitrogen and oxygen atoms in total. The van der Waals surface area contributed by atoms with Gasteiger partial charge < -0.3 is 9.57 Å². The lowest BCUT2D eigenvalue weighted by molar-refractivity contribution is -0.204. The van der Waals surface area contributed by atoms with Gasteiger partial charge in [0.1, 0.15) is 18.7 Å². The normalized spacial score (nSPS) is 15.7. The van der Waals surface area contributed by atoms with E-state index in [1.54, 1.807) is 27.4 Å². The molecular formula is C21H26N6O3S. The molecule has 1 aliphatic heterocycles. The summed E-state index contributed by atoms with van der Waals surface area (Å²) in [6.07, 6.45) is 3.39. The van der Waals surface area contributed by atoms with E-state index < -0.39 is 5.41 Å². The summed E-state index contributed by atoms with van der Waals surface area (Å²) < 4.78 is 7.46. The summed E-state index contributed by atoms with van der Waals surface area (Å²) in [6, 6.07) is 7.58. The first-order chi connectivity index (χ1) is 14.9. The third-order valence-electron chi connectivity index (χ3n) is 5.03. The molecule has 31 heavy (non-hydrogen) atoms. The van der Waals surface area contributed by atoms with Crippen molar-refractivity contribution < 1.29 is 14.4 Å². The summed E-state index contributed by atoms with van der Waals surface area (Å²) in [7, 11) is 0. The van der Waals surface area contributed by atoms with E-state index in [1.807, 2.05) is 45.0 Å². The molecule has 0 aliphatic carbocycles. The smallest absolute Gasteiger partial charge is 0.330 e. The molecule has 1 aliphatic rings. The van der Waals surface area contributed by atoms with Gasteiger partial charge in [-0.3, -0.25) is 0 Å². The maximum absolute atomic E-state index is 12.1. The van der Waals surface area contributed by atoms with E-state index in [1.165, 1.54) is 0 Å². The molecule has 1 aromatic carbocycles. The van der Waals surface area contributed by atoms with Gasteiger partial charge in [0.05, 0.1) is 21.8 Å². The predicted octanol–water partition coefficient (Wildman–Crippen LogP) is 3.38. The number of ether oxygens (including phenoxy) is 1. The highest BCUT2D eigenvalue weighted by Gasteiger charge is 2.29. The van der Waals surface area contributed by atoms with Crippen molar-refractivity contribution in [2.75, 3.05) is 13.1 Å². The van der Waals surface area contributed by atoms with Crippen molar-refractivity contribution in [2.24, 2.45) is 5.41 Å². The van der Waals surface area contributed by atoms with Crippen LogP contribution in [0.5, 0.6) is 5.75 Å². The first-order valence-electron chi connectivity index (χ1n) is 10.3. The number of aromatic nitrogens is 5. The van der Waals surface area contributed by atoms with Crippen molar-refractivity contribution in [2.45, 2.75) is 46.1 Å². The van der Waals surface area contributed by atoms with Gasteiger partial charge in [0.15, 0.2) is 0 Å². The zero-order chi connectivity index (χ0) is 21.8. The van der Waals surface area contributed by atoms with E-state index in [2.05, 4.69) is 20.9 Å². The summed E-state index contributed by atoms with van der Waals surface area (Å²) in [4.78, 5) is 22.3. The van der Waals surface area contributed by atoms with Crippen LogP contribution in [0.4, 0.5) is 0 Å². The number of rotatable bonds is 6. The van der Waals surface area contributed by atoms with Crippen molar-refractivity contribution in [3.63, 3.8) is 0 Å². The number of benzene rings is 1. The van der Waals surface area contributed by atoms with Crippen LogP contribution in [0.1, 0.15) is 50.2 Å². The van der Waals surface area contributed by atoms with Gasteiger partial charge in [-0.25, -0.2) is 14.5 Å². The van der Waals surface area contributed by atoms with Crippen molar-refractivity contribution in [1.82, 2.24) is 30.3 Å². The van der Waals surface area contributed by atoms with Gasteiger partial charge in [-0.15, -0.1) is 21.5 Å². The largest absolute Gasteiger partial charge is 0.487 e. The summed E-state index contributed by atoms with van der Waals surface area (Å²) >= 11 is 1.67. The third kappa shape index (κ3) is 5.45. The molecule has 0 amide bonds. The first-order valence-corrected chi connectivity index (χ1v) is 11.1. The molecule has 10 heteroatoms. The van der Waals surface area contributed by atoms with Crippen molar-refractivity contribution in [3.05, 3.63) is 46.7 Å². The maximum atomic E-state index is 12.1. The lowest BCUT2D eigenvalue weighted by Crippen LogP contribution is -2.38. The highest BCUT2D eigenvalue weighted by Crippen LogP contribution is 2.31. The van der Waals surface area contributed by atoms with E-state index in [4.69, 9.17) is 14.6 Å². The molecule has 0 saturated carbocycles. The molecule has 164 valence electrons. The van der Waals surface area contributed by atoms with E-state index in [0.29, 0.717) is 12.5 Å². The first kappa shape index (κ1) is 21.4. The van der Waals surface area contributed by atoms with E-state index >= 15 is 0 Å². The second-order valence-corrected chi connectivity index (χ2v) is 9.44. The third-order valence-corrected chi connectivity index (χ3v) is 6.09. The number of carbonyl (C=O) groups excluding carboxylic acids is 1. The summed E-state index contributed by atoms with van der Waals surface area (Å²) in [5.41, 5.74) is 1.30. The summed E-state index contributed by atoms with van der Waals surface area (Å²) in [5, 5.41) is 16.1. The van der Waals surface area contributed by atoms with E-state index in [0.717, 1.165) is 48.1 Å². The molecule has 2 aromatic heterocycles. The number of hydrogen-bond donors (Lipinski definition) is 0. The Morgan fingerprint density at radius 2 is 1.94 bits per heavy atom. The Labute approximate surface area is 185 Å². The Morgan fingerprint density at radius 3 is 2.58 bits per heavy atom. The fourth-order valence-electron chi connectivity index (χ4n) is 3.16. The molecule has 0 bridgehead atoms. The van der Waals surface area contributed by atoms with Crippen LogP contribution in [0, 0.1) is 5.41 Å². The van der Waals surface area contributed by atoms with Gasteiger partial charge in [0, 0.05) is 24.4 Å². The highest BCUT2D eigenvalue weighted by atomic mass is 32.1. The van der Waals surface area contributed by atoms with Crippen LogP contribution in [0.25, 0.3) is 5.69 Å². The van der Waals surface area contributed by atoms with Crippen molar-refractivity contribution >= 4 is 17.3 Å². The summed E-state index contributed by atoms with van der Waals surface area (Å²) in [6.45, 7) is 7.47. The fourth-order valence-corrected chi connectivity index (χ4v) is 4.13. The minimum absolute atomic E-state index is 0.189. The Morgan fingerprint density at radius 1 is 1.19 bits per heavy atom. The number of hydrogen-bond acceptors (Lipinski definition) is 9. The second-order valence-electron chi connectivity index (χ2n) is 8.55. The molecule has 0 N–H and O–H groups in total. The average molecular weight is 443 g/mol. The maximum Gasteiger partial charge on any atom is 0.330 e. The van der Waals surface area contributed by atoms with E-state index in [9.17, 15) is 4.79 Å². The number of thiazole rings is 1. The number of carbonyl (C=O) groups is 1. The van der Waals surface area contributed by atoms with Crippen LogP contribution in [-0.4, -0.2) is 49.3 Å². The van der Waals surface area contributed by atoms with Crippen LogP contribution in [0.2, 0.25) is 0 Å². The number of hydroxylamine groups is 2. The number of piperidine rings is 1. The molecule has 1 saturated heterocycles. The summed E-state index contributed by atoms with van der Waals surface area (Å²) in [5.74, 6) is 0.963. The quantitative estimate of drug-likeness (QED) is 0.573. The van der Waals surface area contributed by atoms with Gasteiger partial charge in [-0.2, -0.15) is 0 Å². The minimum atomic E-state index is -0.491. The Bertz CT molecular complexity index is 989. The van der Waals surface area contributed by atoms with Crippen molar-refractivity contribution in [1.29, 1.82) is 0 Å². The Hall–Kier alpha value is -2.85. The molecule has 1 fully saturated rings. The van der Waals surface area contributed by atoms with Crippen LogP contribution >= 0.6 is 11.3 Å². The van der Waals surface area contributed by atoms with Gasteiger partial charge in [-0.05, 0) is 68.3 Å². The number of tetrazole rings is 1.